The lowest BCUT2D eigenvalue weighted by molar-refractivity contribution is 0.0691. The highest BCUT2D eigenvalue weighted by molar-refractivity contribution is 6.35. The maximum atomic E-state index is 11.1. The van der Waals surface area contributed by atoms with Crippen molar-refractivity contribution in [3.63, 3.8) is 0 Å². The third-order valence-electron chi connectivity index (χ3n) is 3.06. The summed E-state index contributed by atoms with van der Waals surface area (Å²) in [6.45, 7) is 4.21. The molecule has 0 radical (unpaired) electrons. The highest BCUT2D eigenvalue weighted by Crippen LogP contribution is 2.28. The van der Waals surface area contributed by atoms with Crippen molar-refractivity contribution < 1.29 is 9.90 Å². The maximum Gasteiger partial charge on any atom is 0.356 e. The third kappa shape index (κ3) is 2.75. The highest BCUT2D eigenvalue weighted by atomic mass is 35.5. The van der Waals surface area contributed by atoms with Crippen molar-refractivity contribution >= 4 is 23.3 Å². The Labute approximate surface area is 122 Å². The Balaban J connectivity index is 2.50. The van der Waals surface area contributed by atoms with E-state index in [1.54, 1.807) is 6.07 Å². The van der Waals surface area contributed by atoms with Gasteiger partial charge in [-0.25, -0.2) is 9.78 Å². The summed E-state index contributed by atoms with van der Waals surface area (Å²) in [4.78, 5) is 15.2. The van der Waals surface area contributed by atoms with Crippen LogP contribution in [0.25, 0.3) is 11.3 Å². The van der Waals surface area contributed by atoms with Crippen LogP contribution in [-0.4, -0.2) is 16.1 Å². The average molecular weight is 291 g/mol. The number of anilines is 1. The number of hydrogen-bond donors (Lipinski definition) is 2. The van der Waals surface area contributed by atoms with Crippen molar-refractivity contribution in [3.05, 3.63) is 46.6 Å². The Morgan fingerprint density at radius 1 is 1.30 bits per heavy atom. The first-order chi connectivity index (χ1) is 9.40. The minimum atomic E-state index is -1.19. The molecule has 20 heavy (non-hydrogen) atoms. The van der Waals surface area contributed by atoms with Gasteiger partial charge in [0, 0.05) is 5.56 Å². The fourth-order valence-electron chi connectivity index (χ4n) is 1.88. The van der Waals surface area contributed by atoms with Gasteiger partial charge in [0.1, 0.15) is 0 Å². The van der Waals surface area contributed by atoms with E-state index in [1.165, 1.54) is 5.56 Å². The molecule has 0 saturated carbocycles. The molecule has 4 nitrogen and oxygen atoms in total. The summed E-state index contributed by atoms with van der Waals surface area (Å²) < 4.78 is 0. The van der Waals surface area contributed by atoms with Crippen LogP contribution in [-0.2, 0) is 0 Å². The minimum Gasteiger partial charge on any atom is -0.476 e. The van der Waals surface area contributed by atoms with Gasteiger partial charge >= 0.3 is 5.97 Å². The molecule has 0 aliphatic rings. The lowest BCUT2D eigenvalue weighted by Crippen LogP contribution is -2.05. The van der Waals surface area contributed by atoms with Crippen molar-refractivity contribution in [2.45, 2.75) is 19.8 Å². The zero-order valence-electron chi connectivity index (χ0n) is 11.2. The van der Waals surface area contributed by atoms with Gasteiger partial charge < -0.3 is 10.8 Å². The molecule has 1 aromatic carbocycles. The molecular weight excluding hydrogens is 276 g/mol. The predicted molar refractivity (Wildman–Crippen MR) is 80.1 cm³/mol. The molecule has 1 heterocycles. The van der Waals surface area contributed by atoms with E-state index in [-0.39, 0.29) is 16.4 Å². The number of halogens is 1. The second-order valence-electron chi connectivity index (χ2n) is 4.84. The quantitative estimate of drug-likeness (QED) is 0.901. The van der Waals surface area contributed by atoms with Gasteiger partial charge in [-0.05, 0) is 17.5 Å². The van der Waals surface area contributed by atoms with E-state index in [2.05, 4.69) is 18.8 Å². The van der Waals surface area contributed by atoms with Crippen LogP contribution >= 0.6 is 11.6 Å². The van der Waals surface area contributed by atoms with Gasteiger partial charge in [0.2, 0.25) is 0 Å². The van der Waals surface area contributed by atoms with Gasteiger partial charge in [-0.2, -0.15) is 0 Å². The number of carboxylic acids is 1. The molecule has 0 unspecified atom stereocenters. The third-order valence-corrected chi connectivity index (χ3v) is 3.46. The Kier molecular flexibility index (Phi) is 3.95. The number of carboxylic acid groups (broad SMARTS) is 1. The van der Waals surface area contributed by atoms with E-state index < -0.39 is 5.97 Å². The van der Waals surface area contributed by atoms with Crippen molar-refractivity contribution in [2.75, 3.05) is 5.73 Å². The largest absolute Gasteiger partial charge is 0.476 e. The smallest absolute Gasteiger partial charge is 0.356 e. The van der Waals surface area contributed by atoms with Crippen molar-refractivity contribution in [2.24, 2.45) is 0 Å². The number of rotatable bonds is 3. The normalized spacial score (nSPS) is 10.8. The molecule has 0 spiro atoms. The maximum absolute atomic E-state index is 11.1. The van der Waals surface area contributed by atoms with E-state index in [0.29, 0.717) is 11.6 Å². The molecular formula is C15H15ClN2O2. The summed E-state index contributed by atoms with van der Waals surface area (Å²) in [6, 6.07) is 9.37. The van der Waals surface area contributed by atoms with Gasteiger partial charge in [0.25, 0.3) is 0 Å². The summed E-state index contributed by atoms with van der Waals surface area (Å²) in [5.41, 5.74) is 8.23. The summed E-state index contributed by atoms with van der Waals surface area (Å²) in [7, 11) is 0. The van der Waals surface area contributed by atoms with Crippen LogP contribution in [0.5, 0.6) is 0 Å². The molecule has 0 bridgehead atoms. The average Bonchev–Trinajstić information content (AvgIpc) is 2.41. The number of hydrogen-bond acceptors (Lipinski definition) is 3. The second kappa shape index (κ2) is 5.51. The van der Waals surface area contributed by atoms with Crippen LogP contribution < -0.4 is 5.73 Å². The fraction of sp³-hybridized carbons (Fsp3) is 0.200. The minimum absolute atomic E-state index is 0.0277. The number of benzene rings is 1. The number of nitrogens with zero attached hydrogens (tertiary/aromatic N) is 1. The number of nitrogen functional groups attached to an aromatic ring is 1. The molecule has 0 aliphatic carbocycles. The Morgan fingerprint density at radius 2 is 1.90 bits per heavy atom. The number of carbonyl (C=O) groups is 1. The van der Waals surface area contributed by atoms with Crippen LogP contribution in [0.1, 0.15) is 35.8 Å². The summed E-state index contributed by atoms with van der Waals surface area (Å²) in [6.07, 6.45) is 0. The zero-order valence-corrected chi connectivity index (χ0v) is 12.0. The number of aromatic carboxylic acids is 1. The number of nitrogens with two attached hydrogens (primary N) is 1. The van der Waals surface area contributed by atoms with E-state index in [1.807, 2.05) is 24.3 Å². The van der Waals surface area contributed by atoms with Gasteiger partial charge in [0.05, 0.1) is 16.4 Å². The molecule has 5 heteroatoms. The van der Waals surface area contributed by atoms with E-state index in [4.69, 9.17) is 22.4 Å². The topological polar surface area (TPSA) is 76.2 Å². The van der Waals surface area contributed by atoms with Crippen molar-refractivity contribution in [3.8, 4) is 11.3 Å². The van der Waals surface area contributed by atoms with E-state index in [0.717, 1.165) is 5.56 Å². The number of aromatic nitrogens is 1. The first-order valence-corrected chi connectivity index (χ1v) is 6.57. The molecule has 2 rings (SSSR count). The molecule has 0 aliphatic heterocycles. The van der Waals surface area contributed by atoms with Gasteiger partial charge in [-0.3, -0.25) is 0 Å². The molecule has 0 atom stereocenters. The van der Waals surface area contributed by atoms with Crippen LogP contribution in [0.2, 0.25) is 5.02 Å². The van der Waals surface area contributed by atoms with Crippen LogP contribution in [0.4, 0.5) is 5.69 Å². The standard InChI is InChI=1S/C15H15ClN2O2/c1-8(2)9-3-5-10(6-4-9)12-7-11(17)13(16)14(18-12)15(19)20/h3-8H,1-2H3,(H2,17,18)(H,19,20). The van der Waals surface area contributed by atoms with Gasteiger partial charge in [-0.15, -0.1) is 0 Å². The molecule has 0 amide bonds. The van der Waals surface area contributed by atoms with Gasteiger partial charge in [0.15, 0.2) is 5.69 Å². The van der Waals surface area contributed by atoms with Crippen molar-refractivity contribution in [1.29, 1.82) is 0 Å². The molecule has 0 saturated heterocycles. The second-order valence-corrected chi connectivity index (χ2v) is 5.22. The monoisotopic (exact) mass is 290 g/mol. The van der Waals surface area contributed by atoms with Crippen LogP contribution in [0.3, 0.4) is 0 Å². The van der Waals surface area contributed by atoms with Crippen molar-refractivity contribution in [1.82, 2.24) is 4.98 Å². The summed E-state index contributed by atoms with van der Waals surface area (Å²) in [5, 5.41) is 9.05. The SMILES string of the molecule is CC(C)c1ccc(-c2cc(N)c(Cl)c(C(=O)O)n2)cc1. The Bertz CT molecular complexity index is 652. The summed E-state index contributed by atoms with van der Waals surface area (Å²) >= 11 is 5.85. The molecule has 104 valence electrons. The summed E-state index contributed by atoms with van der Waals surface area (Å²) in [5.74, 6) is -0.760. The Hall–Kier alpha value is -2.07. The number of pyridine rings is 1. The Morgan fingerprint density at radius 3 is 2.40 bits per heavy atom. The molecule has 3 N–H and O–H groups in total. The van der Waals surface area contributed by atoms with E-state index in [9.17, 15) is 4.79 Å². The first-order valence-electron chi connectivity index (χ1n) is 6.19. The first kappa shape index (κ1) is 14.3. The fourth-order valence-corrected chi connectivity index (χ4v) is 2.06. The predicted octanol–water partition coefficient (Wildman–Crippen LogP) is 3.81. The van der Waals surface area contributed by atoms with Crippen LogP contribution in [0, 0.1) is 0 Å². The molecule has 2 aromatic rings. The molecule has 0 fully saturated rings. The molecule has 1 aromatic heterocycles. The van der Waals surface area contributed by atoms with Crippen LogP contribution in [0.15, 0.2) is 30.3 Å². The lowest BCUT2D eigenvalue weighted by Gasteiger charge is -2.09. The van der Waals surface area contributed by atoms with Gasteiger partial charge in [-0.1, -0.05) is 49.7 Å². The zero-order chi connectivity index (χ0) is 14.9. The lowest BCUT2D eigenvalue weighted by atomic mass is 10.0. The highest BCUT2D eigenvalue weighted by Gasteiger charge is 2.16. The van der Waals surface area contributed by atoms with E-state index >= 15 is 0 Å².